The van der Waals surface area contributed by atoms with E-state index >= 15 is 0 Å². The Morgan fingerprint density at radius 3 is 2.89 bits per heavy atom. The molecule has 0 aliphatic carbocycles. The number of nitrogens with zero attached hydrogens (tertiary/aromatic N) is 2. The molecular formula is C15H19N3O. The maximum absolute atomic E-state index is 5.54. The summed E-state index contributed by atoms with van der Waals surface area (Å²) in [6.07, 6.45) is 3.39. The molecule has 1 aromatic carbocycles. The molecule has 0 amide bonds. The van der Waals surface area contributed by atoms with Gasteiger partial charge in [-0.3, -0.25) is 0 Å². The highest BCUT2D eigenvalue weighted by Crippen LogP contribution is 2.13. The van der Waals surface area contributed by atoms with Crippen molar-refractivity contribution in [3.8, 4) is 5.69 Å². The van der Waals surface area contributed by atoms with Gasteiger partial charge in [-0.05, 0) is 31.5 Å². The lowest BCUT2D eigenvalue weighted by Gasteiger charge is -2.14. The van der Waals surface area contributed by atoms with Crippen molar-refractivity contribution in [3.05, 3.63) is 48.3 Å². The molecule has 1 aliphatic heterocycles. The predicted molar refractivity (Wildman–Crippen MR) is 74.2 cm³/mol. The standard InChI is InChI=1S/C15H19N3O/c1-12-15(8-10-19-12)16-11-13-7-9-18(17-13)14-5-3-2-4-6-14/h2-7,9,12,15-16H,8,10-11H2,1H3. The molecule has 0 spiro atoms. The van der Waals surface area contributed by atoms with E-state index in [0.29, 0.717) is 12.1 Å². The minimum absolute atomic E-state index is 0.302. The van der Waals surface area contributed by atoms with E-state index in [4.69, 9.17) is 4.74 Å². The second-order valence-electron chi connectivity index (χ2n) is 4.94. The maximum Gasteiger partial charge on any atom is 0.0766 e. The average molecular weight is 257 g/mol. The largest absolute Gasteiger partial charge is 0.377 e. The Hall–Kier alpha value is -1.65. The molecule has 1 aliphatic rings. The van der Waals surface area contributed by atoms with Crippen LogP contribution in [0.15, 0.2) is 42.6 Å². The first kappa shape index (κ1) is 12.4. The van der Waals surface area contributed by atoms with Crippen molar-refractivity contribution in [2.24, 2.45) is 0 Å². The van der Waals surface area contributed by atoms with Gasteiger partial charge in [0.05, 0.1) is 17.5 Å². The van der Waals surface area contributed by atoms with Gasteiger partial charge in [0.15, 0.2) is 0 Å². The monoisotopic (exact) mass is 257 g/mol. The second kappa shape index (κ2) is 5.55. The first-order valence-corrected chi connectivity index (χ1v) is 6.78. The summed E-state index contributed by atoms with van der Waals surface area (Å²) in [7, 11) is 0. The van der Waals surface area contributed by atoms with Gasteiger partial charge in [-0.15, -0.1) is 0 Å². The van der Waals surface area contributed by atoms with Gasteiger partial charge in [0.1, 0.15) is 0 Å². The molecule has 19 heavy (non-hydrogen) atoms. The highest BCUT2D eigenvalue weighted by Gasteiger charge is 2.23. The number of ether oxygens (including phenoxy) is 1. The molecule has 2 heterocycles. The van der Waals surface area contributed by atoms with Gasteiger partial charge < -0.3 is 10.1 Å². The van der Waals surface area contributed by atoms with Gasteiger partial charge in [-0.2, -0.15) is 5.10 Å². The quantitative estimate of drug-likeness (QED) is 0.912. The molecule has 0 radical (unpaired) electrons. The molecule has 2 aromatic rings. The van der Waals surface area contributed by atoms with Crippen LogP contribution in [0.1, 0.15) is 19.0 Å². The van der Waals surface area contributed by atoms with E-state index in [0.717, 1.165) is 31.0 Å². The third kappa shape index (κ3) is 2.85. The lowest BCUT2D eigenvalue weighted by Crippen LogP contribution is -2.34. The summed E-state index contributed by atoms with van der Waals surface area (Å²) in [5, 5.41) is 8.09. The molecule has 2 atom stereocenters. The number of rotatable bonds is 4. The molecule has 1 saturated heterocycles. The smallest absolute Gasteiger partial charge is 0.0766 e. The fourth-order valence-electron chi connectivity index (χ4n) is 2.42. The van der Waals surface area contributed by atoms with Gasteiger partial charge in [0, 0.05) is 25.4 Å². The number of benzene rings is 1. The molecule has 0 bridgehead atoms. The van der Waals surface area contributed by atoms with Crippen molar-refractivity contribution >= 4 is 0 Å². The van der Waals surface area contributed by atoms with Gasteiger partial charge in [0.25, 0.3) is 0 Å². The number of aromatic nitrogens is 2. The lowest BCUT2D eigenvalue weighted by atomic mass is 10.1. The van der Waals surface area contributed by atoms with E-state index < -0.39 is 0 Å². The molecule has 1 fully saturated rings. The Labute approximate surface area is 113 Å². The number of nitrogens with one attached hydrogen (secondary N) is 1. The van der Waals surface area contributed by atoms with Crippen molar-refractivity contribution in [1.82, 2.24) is 15.1 Å². The van der Waals surface area contributed by atoms with Crippen molar-refractivity contribution < 1.29 is 4.74 Å². The van der Waals surface area contributed by atoms with Gasteiger partial charge in [0.2, 0.25) is 0 Å². The van der Waals surface area contributed by atoms with E-state index in [9.17, 15) is 0 Å². The zero-order chi connectivity index (χ0) is 13.1. The highest BCUT2D eigenvalue weighted by atomic mass is 16.5. The highest BCUT2D eigenvalue weighted by molar-refractivity contribution is 5.30. The van der Waals surface area contributed by atoms with Gasteiger partial charge in [-0.25, -0.2) is 4.68 Å². The topological polar surface area (TPSA) is 39.1 Å². The van der Waals surface area contributed by atoms with Crippen molar-refractivity contribution in [2.75, 3.05) is 6.61 Å². The van der Waals surface area contributed by atoms with Crippen LogP contribution in [0, 0.1) is 0 Å². The van der Waals surface area contributed by atoms with Crippen molar-refractivity contribution in [2.45, 2.75) is 32.0 Å². The van der Waals surface area contributed by atoms with E-state index in [1.54, 1.807) is 0 Å². The average Bonchev–Trinajstić information content (AvgIpc) is 3.06. The van der Waals surface area contributed by atoms with Crippen LogP contribution in [0.4, 0.5) is 0 Å². The number of hydrogen-bond acceptors (Lipinski definition) is 3. The van der Waals surface area contributed by atoms with E-state index in [1.807, 2.05) is 29.1 Å². The van der Waals surface area contributed by atoms with E-state index in [2.05, 4.69) is 35.5 Å². The van der Waals surface area contributed by atoms with Crippen LogP contribution < -0.4 is 5.32 Å². The molecule has 0 saturated carbocycles. The SMILES string of the molecule is CC1OCCC1NCc1ccn(-c2ccccc2)n1. The minimum Gasteiger partial charge on any atom is -0.377 e. The fraction of sp³-hybridized carbons (Fsp3) is 0.400. The van der Waals surface area contributed by atoms with E-state index in [-0.39, 0.29) is 0 Å². The van der Waals surface area contributed by atoms with Gasteiger partial charge in [-0.1, -0.05) is 18.2 Å². The Morgan fingerprint density at radius 2 is 2.16 bits per heavy atom. The maximum atomic E-state index is 5.54. The summed E-state index contributed by atoms with van der Waals surface area (Å²) in [5.74, 6) is 0. The lowest BCUT2D eigenvalue weighted by molar-refractivity contribution is 0.113. The summed E-state index contributed by atoms with van der Waals surface area (Å²) in [6, 6.07) is 12.7. The third-order valence-electron chi connectivity index (χ3n) is 3.59. The number of para-hydroxylation sites is 1. The molecular weight excluding hydrogens is 238 g/mol. The summed E-state index contributed by atoms with van der Waals surface area (Å²) in [5.41, 5.74) is 2.15. The van der Waals surface area contributed by atoms with Crippen molar-refractivity contribution in [3.63, 3.8) is 0 Å². The number of hydrogen-bond donors (Lipinski definition) is 1. The zero-order valence-corrected chi connectivity index (χ0v) is 11.1. The van der Waals surface area contributed by atoms with Crippen LogP contribution in [0.2, 0.25) is 0 Å². The van der Waals surface area contributed by atoms with Crippen LogP contribution in [0.25, 0.3) is 5.69 Å². The van der Waals surface area contributed by atoms with Crippen molar-refractivity contribution in [1.29, 1.82) is 0 Å². The summed E-state index contributed by atoms with van der Waals surface area (Å²) < 4.78 is 7.45. The van der Waals surface area contributed by atoms with Crippen LogP contribution in [0.3, 0.4) is 0 Å². The molecule has 2 unspecified atom stereocenters. The normalized spacial score (nSPS) is 22.8. The summed E-state index contributed by atoms with van der Waals surface area (Å²) >= 11 is 0. The van der Waals surface area contributed by atoms with Crippen LogP contribution >= 0.6 is 0 Å². The Bertz CT molecular complexity index is 523. The Balaban J connectivity index is 1.62. The molecule has 1 N–H and O–H groups in total. The van der Waals surface area contributed by atoms with Crippen LogP contribution in [0.5, 0.6) is 0 Å². The molecule has 100 valence electrons. The second-order valence-corrected chi connectivity index (χ2v) is 4.94. The van der Waals surface area contributed by atoms with E-state index in [1.165, 1.54) is 0 Å². The fourth-order valence-corrected chi connectivity index (χ4v) is 2.42. The molecule has 4 nitrogen and oxygen atoms in total. The van der Waals surface area contributed by atoms with Gasteiger partial charge >= 0.3 is 0 Å². The predicted octanol–water partition coefficient (Wildman–Crippen LogP) is 2.14. The zero-order valence-electron chi connectivity index (χ0n) is 11.1. The Kier molecular flexibility index (Phi) is 3.62. The van der Waals surface area contributed by atoms with Crippen LogP contribution in [-0.2, 0) is 11.3 Å². The molecule has 1 aromatic heterocycles. The third-order valence-corrected chi connectivity index (χ3v) is 3.59. The van der Waals surface area contributed by atoms with Crippen LogP contribution in [-0.4, -0.2) is 28.5 Å². The Morgan fingerprint density at radius 1 is 1.32 bits per heavy atom. The molecule has 4 heteroatoms. The first-order chi connectivity index (χ1) is 9.33. The summed E-state index contributed by atoms with van der Waals surface area (Å²) in [4.78, 5) is 0. The summed E-state index contributed by atoms with van der Waals surface area (Å²) in [6.45, 7) is 3.77. The molecule has 3 rings (SSSR count). The minimum atomic E-state index is 0.302. The first-order valence-electron chi connectivity index (χ1n) is 6.78.